The Bertz CT molecular complexity index is 634. The molecule has 0 atom stereocenters. The van der Waals surface area contributed by atoms with Gasteiger partial charge in [-0.2, -0.15) is 9.97 Å². The van der Waals surface area contributed by atoms with Crippen molar-refractivity contribution in [3.63, 3.8) is 0 Å². The quantitative estimate of drug-likeness (QED) is 0.625. The molecule has 0 aromatic carbocycles. The van der Waals surface area contributed by atoms with Gasteiger partial charge < -0.3 is 9.47 Å². The third-order valence-electron chi connectivity index (χ3n) is 1.85. The molecule has 0 unspecified atom stereocenters. The molecule has 0 spiro atoms. The number of hydrogen-bond acceptors (Lipinski definition) is 9. The first kappa shape index (κ1) is 15.5. The lowest BCUT2D eigenvalue weighted by Gasteiger charge is -2.05. The second-order valence-corrected chi connectivity index (χ2v) is 7.01. The largest absolute Gasteiger partial charge is 0.467 e. The van der Waals surface area contributed by atoms with Crippen molar-refractivity contribution in [2.45, 2.75) is 5.16 Å². The first-order chi connectivity index (χ1) is 8.68. The fraction of sp³-hybridized carbons (Fsp3) is 0.571. The van der Waals surface area contributed by atoms with Gasteiger partial charge in [-0.05, 0) is 0 Å². The summed E-state index contributed by atoms with van der Waals surface area (Å²) in [5.41, 5.74) is 0. The number of methoxy groups -OCH3 is 2. The summed E-state index contributed by atoms with van der Waals surface area (Å²) in [7, 11) is -5.49. The molecule has 0 fully saturated rings. The molecule has 0 aliphatic carbocycles. The van der Waals surface area contributed by atoms with Crippen LogP contribution >= 0.6 is 0 Å². The van der Waals surface area contributed by atoms with Crippen LogP contribution in [0.2, 0.25) is 0 Å². The lowest BCUT2D eigenvalue weighted by Crippen LogP contribution is -2.24. The van der Waals surface area contributed by atoms with Gasteiger partial charge in [0.15, 0.2) is 0 Å². The minimum Gasteiger partial charge on any atom is -0.467 e. The van der Waals surface area contributed by atoms with Crippen molar-refractivity contribution in [3.8, 4) is 12.0 Å². The minimum absolute atomic E-state index is 0.263. The number of rotatable bonds is 6. The van der Waals surface area contributed by atoms with E-state index in [-0.39, 0.29) is 12.0 Å². The van der Waals surface area contributed by atoms with Crippen molar-refractivity contribution in [2.75, 3.05) is 25.7 Å². The monoisotopic (exact) mass is 312 g/mol. The highest BCUT2D eigenvalue weighted by atomic mass is 32.2. The van der Waals surface area contributed by atoms with Crippen molar-refractivity contribution in [3.05, 3.63) is 0 Å². The molecule has 108 valence electrons. The molecule has 2 N–H and O–H groups in total. The maximum Gasteiger partial charge on any atom is 0.323 e. The molecule has 12 heteroatoms. The van der Waals surface area contributed by atoms with Crippen LogP contribution in [0.1, 0.15) is 0 Å². The van der Waals surface area contributed by atoms with E-state index in [0.29, 0.717) is 0 Å². The number of sulfone groups is 1. The van der Waals surface area contributed by atoms with E-state index in [9.17, 15) is 16.8 Å². The summed E-state index contributed by atoms with van der Waals surface area (Å²) >= 11 is 0. The van der Waals surface area contributed by atoms with Crippen LogP contribution in [0.4, 0.5) is 0 Å². The van der Waals surface area contributed by atoms with Crippen LogP contribution in [0.25, 0.3) is 0 Å². The van der Waals surface area contributed by atoms with Gasteiger partial charge in [-0.25, -0.2) is 22.0 Å². The third-order valence-corrected chi connectivity index (χ3v) is 4.37. The Morgan fingerprint density at radius 3 is 1.79 bits per heavy atom. The van der Waals surface area contributed by atoms with Gasteiger partial charge in [0.1, 0.15) is 0 Å². The standard InChI is InChI=1S/C7H12N4O6S2/c1-16-5-9-6(17-2)11-7(10-5)18(12,13)3-4-19(8,14)15/h3-4H2,1-2H3,(H2,8,14,15). The smallest absolute Gasteiger partial charge is 0.323 e. The Morgan fingerprint density at radius 2 is 1.42 bits per heavy atom. The van der Waals surface area contributed by atoms with E-state index in [1.54, 1.807) is 0 Å². The fourth-order valence-corrected chi connectivity index (χ4v) is 3.38. The maximum atomic E-state index is 11.8. The molecule has 0 aliphatic heterocycles. The first-order valence-electron chi connectivity index (χ1n) is 4.75. The van der Waals surface area contributed by atoms with Crippen LogP contribution in [0.5, 0.6) is 12.0 Å². The molecule has 1 aromatic rings. The minimum atomic E-state index is -4.04. The van der Waals surface area contributed by atoms with Crippen molar-refractivity contribution >= 4 is 19.9 Å². The van der Waals surface area contributed by atoms with E-state index < -0.39 is 36.5 Å². The number of hydrogen-bond donors (Lipinski definition) is 1. The van der Waals surface area contributed by atoms with Crippen LogP contribution in [0, 0.1) is 0 Å². The van der Waals surface area contributed by atoms with Crippen molar-refractivity contribution in [1.29, 1.82) is 0 Å². The predicted octanol–water partition coefficient (Wildman–Crippen LogP) is -2.05. The topological polar surface area (TPSA) is 151 Å². The van der Waals surface area contributed by atoms with Gasteiger partial charge in [0, 0.05) is 0 Å². The second-order valence-electron chi connectivity index (χ2n) is 3.28. The average molecular weight is 312 g/mol. The molecule has 0 aliphatic rings. The van der Waals surface area contributed by atoms with E-state index in [1.807, 2.05) is 0 Å². The fourth-order valence-electron chi connectivity index (χ4n) is 0.959. The van der Waals surface area contributed by atoms with Gasteiger partial charge in [0.05, 0.1) is 25.7 Å². The summed E-state index contributed by atoms with van der Waals surface area (Å²) in [6.07, 6.45) is 0. The Balaban J connectivity index is 3.13. The highest BCUT2D eigenvalue weighted by Gasteiger charge is 2.23. The lowest BCUT2D eigenvalue weighted by molar-refractivity contribution is 0.330. The molecular weight excluding hydrogens is 300 g/mol. The molecule has 0 radical (unpaired) electrons. The normalized spacial score (nSPS) is 12.2. The van der Waals surface area contributed by atoms with E-state index in [0.717, 1.165) is 0 Å². The zero-order chi connectivity index (χ0) is 14.7. The number of sulfonamides is 1. The van der Waals surface area contributed by atoms with Gasteiger partial charge in [0.25, 0.3) is 5.16 Å². The number of nitrogens with zero attached hydrogens (tertiary/aromatic N) is 3. The van der Waals surface area contributed by atoms with E-state index in [4.69, 9.17) is 5.14 Å². The third kappa shape index (κ3) is 4.57. The molecule has 0 amide bonds. The Labute approximate surface area is 110 Å². The summed E-state index contributed by atoms with van der Waals surface area (Å²) in [4.78, 5) is 10.7. The number of nitrogens with two attached hydrogens (primary N) is 1. The Kier molecular flexibility index (Phi) is 4.60. The van der Waals surface area contributed by atoms with Crippen LogP contribution in [0.15, 0.2) is 5.16 Å². The second kappa shape index (κ2) is 5.63. The number of primary sulfonamides is 1. The van der Waals surface area contributed by atoms with E-state index in [2.05, 4.69) is 24.4 Å². The molecule has 1 aromatic heterocycles. The maximum absolute atomic E-state index is 11.8. The molecule has 0 bridgehead atoms. The van der Waals surface area contributed by atoms with Crippen LogP contribution in [-0.4, -0.2) is 57.5 Å². The molecule has 1 heterocycles. The van der Waals surface area contributed by atoms with Gasteiger partial charge >= 0.3 is 12.0 Å². The molecule has 0 saturated heterocycles. The first-order valence-corrected chi connectivity index (χ1v) is 8.12. The van der Waals surface area contributed by atoms with Crippen LogP contribution in [0.3, 0.4) is 0 Å². The Hall–Kier alpha value is -1.53. The van der Waals surface area contributed by atoms with Crippen molar-refractivity contribution in [1.82, 2.24) is 15.0 Å². The van der Waals surface area contributed by atoms with Gasteiger partial charge in [-0.3, -0.25) is 0 Å². The SMILES string of the molecule is COc1nc(OC)nc(S(=O)(=O)CCS(N)(=O)=O)n1. The van der Waals surface area contributed by atoms with Gasteiger partial charge in [-0.1, -0.05) is 0 Å². The van der Waals surface area contributed by atoms with E-state index in [1.165, 1.54) is 14.2 Å². The number of aromatic nitrogens is 3. The zero-order valence-electron chi connectivity index (χ0n) is 10.1. The van der Waals surface area contributed by atoms with Crippen LogP contribution in [-0.2, 0) is 19.9 Å². The van der Waals surface area contributed by atoms with Crippen molar-refractivity contribution < 1.29 is 26.3 Å². The molecule has 19 heavy (non-hydrogen) atoms. The summed E-state index contributed by atoms with van der Waals surface area (Å²) in [6, 6.07) is -0.526. The Morgan fingerprint density at radius 1 is 0.947 bits per heavy atom. The summed E-state index contributed by atoms with van der Waals surface area (Å²) in [6.45, 7) is 0. The molecular formula is C7H12N4O6S2. The number of ether oxygens (including phenoxy) is 2. The van der Waals surface area contributed by atoms with Gasteiger partial charge in [-0.15, -0.1) is 4.98 Å². The summed E-state index contributed by atoms with van der Waals surface area (Å²) in [5, 5.41) is 4.10. The zero-order valence-corrected chi connectivity index (χ0v) is 11.7. The summed E-state index contributed by atoms with van der Waals surface area (Å²) < 4.78 is 54.6. The van der Waals surface area contributed by atoms with Crippen LogP contribution < -0.4 is 14.6 Å². The van der Waals surface area contributed by atoms with E-state index >= 15 is 0 Å². The molecule has 10 nitrogen and oxygen atoms in total. The molecule has 1 rings (SSSR count). The average Bonchev–Trinajstić information content (AvgIpc) is 2.35. The lowest BCUT2D eigenvalue weighted by atomic mass is 10.9. The highest BCUT2D eigenvalue weighted by molar-refractivity contribution is 7.94. The van der Waals surface area contributed by atoms with Gasteiger partial charge in [0.2, 0.25) is 19.9 Å². The summed E-state index contributed by atoms with van der Waals surface area (Å²) in [5.74, 6) is -1.49. The highest BCUT2D eigenvalue weighted by Crippen LogP contribution is 2.13. The predicted molar refractivity (Wildman–Crippen MR) is 63.0 cm³/mol. The van der Waals surface area contributed by atoms with Crippen molar-refractivity contribution in [2.24, 2.45) is 5.14 Å². The molecule has 0 saturated carbocycles.